The number of carbonyl (C=O) groups is 4. The molecule has 0 atom stereocenters. The molecule has 1 aromatic rings. The molecule has 2 fully saturated rings. The summed E-state index contributed by atoms with van der Waals surface area (Å²) in [5, 5.41) is 2.78. The van der Waals surface area contributed by atoms with E-state index in [1.54, 1.807) is 18.2 Å². The molecule has 0 bridgehead atoms. The van der Waals surface area contributed by atoms with Crippen LogP contribution >= 0.6 is 0 Å². The lowest BCUT2D eigenvalue weighted by molar-refractivity contribution is -0.145. The highest BCUT2D eigenvalue weighted by molar-refractivity contribution is 6.07. The number of rotatable bonds is 7. The molecule has 0 unspecified atom stereocenters. The first kappa shape index (κ1) is 19.9. The number of ether oxygens (including phenoxy) is 2. The highest BCUT2D eigenvalue weighted by atomic mass is 16.5. The molecule has 1 heterocycles. The summed E-state index contributed by atoms with van der Waals surface area (Å²) in [7, 11) is 1.49. The van der Waals surface area contributed by atoms with Gasteiger partial charge in [0.1, 0.15) is 17.9 Å². The molecule has 8 nitrogen and oxygen atoms in total. The molecule has 3 amide bonds. The SMILES string of the molecule is COc1ccc(C(C)=O)cc1COC(=O)CCN1C(=O)NC2(CCCC2)C1=O. The summed E-state index contributed by atoms with van der Waals surface area (Å²) in [5.74, 6) is -0.383. The molecule has 28 heavy (non-hydrogen) atoms. The molecule has 1 saturated heterocycles. The Labute approximate surface area is 163 Å². The van der Waals surface area contributed by atoms with Crippen LogP contribution in [0, 0.1) is 0 Å². The fourth-order valence-electron chi connectivity index (χ4n) is 3.74. The van der Waals surface area contributed by atoms with Crippen molar-refractivity contribution in [3.8, 4) is 5.75 Å². The van der Waals surface area contributed by atoms with Crippen LogP contribution in [0.3, 0.4) is 0 Å². The summed E-state index contributed by atoms with van der Waals surface area (Å²) in [6.45, 7) is 1.37. The Hall–Kier alpha value is -2.90. The molecule has 0 radical (unpaired) electrons. The van der Waals surface area contributed by atoms with E-state index in [4.69, 9.17) is 9.47 Å². The van der Waals surface area contributed by atoms with Crippen molar-refractivity contribution in [2.75, 3.05) is 13.7 Å². The minimum Gasteiger partial charge on any atom is -0.496 e. The summed E-state index contributed by atoms with van der Waals surface area (Å²) in [6.07, 6.45) is 3.01. The van der Waals surface area contributed by atoms with Crippen molar-refractivity contribution in [1.29, 1.82) is 0 Å². The molecule has 0 aromatic heterocycles. The van der Waals surface area contributed by atoms with Crippen molar-refractivity contribution in [2.24, 2.45) is 0 Å². The molecule has 2 aliphatic rings. The predicted octanol–water partition coefficient (Wildman–Crippen LogP) is 2.20. The number of hydrogen-bond donors (Lipinski definition) is 1. The zero-order valence-corrected chi connectivity index (χ0v) is 16.1. The van der Waals surface area contributed by atoms with Gasteiger partial charge in [-0.25, -0.2) is 4.79 Å². The van der Waals surface area contributed by atoms with Gasteiger partial charge in [-0.3, -0.25) is 19.3 Å². The molecule has 1 saturated carbocycles. The van der Waals surface area contributed by atoms with Crippen LogP contribution in [0.25, 0.3) is 0 Å². The first-order valence-electron chi connectivity index (χ1n) is 9.34. The van der Waals surface area contributed by atoms with Crippen LogP contribution in [-0.4, -0.2) is 47.8 Å². The fourth-order valence-corrected chi connectivity index (χ4v) is 3.74. The lowest BCUT2D eigenvalue weighted by Crippen LogP contribution is -2.44. The van der Waals surface area contributed by atoms with Crippen LogP contribution in [0.5, 0.6) is 5.75 Å². The average molecular weight is 388 g/mol. The Kier molecular flexibility index (Phi) is 5.67. The molecular weight excluding hydrogens is 364 g/mol. The molecule has 3 rings (SSSR count). The van der Waals surface area contributed by atoms with E-state index < -0.39 is 17.5 Å². The number of ketones is 1. The third-order valence-electron chi connectivity index (χ3n) is 5.32. The quantitative estimate of drug-likeness (QED) is 0.436. The van der Waals surface area contributed by atoms with Crippen molar-refractivity contribution in [1.82, 2.24) is 10.2 Å². The van der Waals surface area contributed by atoms with E-state index in [2.05, 4.69) is 5.32 Å². The van der Waals surface area contributed by atoms with Crippen LogP contribution < -0.4 is 10.1 Å². The summed E-state index contributed by atoms with van der Waals surface area (Å²) >= 11 is 0. The Morgan fingerprint density at radius 3 is 2.57 bits per heavy atom. The van der Waals surface area contributed by atoms with Gasteiger partial charge in [0.2, 0.25) is 0 Å². The van der Waals surface area contributed by atoms with Gasteiger partial charge in [0.05, 0.1) is 13.5 Å². The Bertz CT molecular complexity index is 813. The minimum absolute atomic E-state index is 0.0180. The number of nitrogens with zero attached hydrogens (tertiary/aromatic N) is 1. The van der Waals surface area contributed by atoms with Crippen molar-refractivity contribution < 1.29 is 28.7 Å². The number of urea groups is 1. The number of hydrogen-bond acceptors (Lipinski definition) is 6. The van der Waals surface area contributed by atoms with Gasteiger partial charge in [-0.1, -0.05) is 12.8 Å². The first-order chi connectivity index (χ1) is 13.4. The van der Waals surface area contributed by atoms with E-state index >= 15 is 0 Å². The maximum absolute atomic E-state index is 12.6. The molecule has 150 valence electrons. The van der Waals surface area contributed by atoms with Gasteiger partial charge >= 0.3 is 12.0 Å². The lowest BCUT2D eigenvalue weighted by atomic mass is 9.98. The lowest BCUT2D eigenvalue weighted by Gasteiger charge is -2.19. The second-order valence-corrected chi connectivity index (χ2v) is 7.17. The molecule has 1 aliphatic heterocycles. The van der Waals surface area contributed by atoms with Crippen LogP contribution in [0.4, 0.5) is 4.79 Å². The summed E-state index contributed by atoms with van der Waals surface area (Å²) in [5.41, 5.74) is 0.290. The molecule has 8 heteroatoms. The van der Waals surface area contributed by atoms with E-state index in [0.717, 1.165) is 17.7 Å². The first-order valence-corrected chi connectivity index (χ1v) is 9.34. The van der Waals surface area contributed by atoms with Gasteiger partial charge in [0, 0.05) is 17.7 Å². The Morgan fingerprint density at radius 2 is 1.93 bits per heavy atom. The number of imide groups is 1. The Morgan fingerprint density at radius 1 is 1.21 bits per heavy atom. The standard InChI is InChI=1S/C20H24N2O6/c1-13(23)14-5-6-16(27-2)15(11-14)12-28-17(24)7-10-22-18(25)20(21-19(22)26)8-3-4-9-20/h5-6,11H,3-4,7-10,12H2,1-2H3,(H,21,26). The Balaban J connectivity index is 1.55. The van der Waals surface area contributed by atoms with Gasteiger partial charge in [0.25, 0.3) is 5.91 Å². The van der Waals surface area contributed by atoms with Crippen molar-refractivity contribution in [3.05, 3.63) is 29.3 Å². The number of carbonyl (C=O) groups excluding carboxylic acids is 4. The molecular formula is C20H24N2O6. The van der Waals surface area contributed by atoms with Crippen LogP contribution in [-0.2, 0) is 20.9 Å². The monoisotopic (exact) mass is 388 g/mol. The number of nitrogens with one attached hydrogen (secondary N) is 1. The number of benzene rings is 1. The van der Waals surface area contributed by atoms with E-state index in [9.17, 15) is 19.2 Å². The average Bonchev–Trinajstić information content (AvgIpc) is 3.23. The summed E-state index contributed by atoms with van der Waals surface area (Å²) in [6, 6.07) is 4.46. The van der Waals surface area contributed by atoms with Crippen LogP contribution in [0.1, 0.15) is 54.9 Å². The summed E-state index contributed by atoms with van der Waals surface area (Å²) < 4.78 is 10.5. The second-order valence-electron chi connectivity index (χ2n) is 7.17. The molecule has 1 aliphatic carbocycles. The number of Topliss-reactive ketones (excluding diaryl/α,β-unsaturated/α-hetero) is 1. The fraction of sp³-hybridized carbons (Fsp3) is 0.500. The van der Waals surface area contributed by atoms with Crippen LogP contribution in [0.15, 0.2) is 18.2 Å². The molecule has 1 aromatic carbocycles. The van der Waals surface area contributed by atoms with E-state index in [1.165, 1.54) is 14.0 Å². The maximum Gasteiger partial charge on any atom is 0.325 e. The van der Waals surface area contributed by atoms with Crippen LogP contribution in [0.2, 0.25) is 0 Å². The van der Waals surface area contributed by atoms with Crippen molar-refractivity contribution in [2.45, 2.75) is 51.2 Å². The van der Waals surface area contributed by atoms with Crippen molar-refractivity contribution >= 4 is 23.7 Å². The minimum atomic E-state index is -0.776. The highest BCUT2D eigenvalue weighted by Gasteiger charge is 2.52. The van der Waals surface area contributed by atoms with E-state index in [0.29, 0.717) is 29.7 Å². The largest absolute Gasteiger partial charge is 0.496 e. The van der Waals surface area contributed by atoms with E-state index in [1.807, 2.05) is 0 Å². The normalized spacial score (nSPS) is 17.7. The second kappa shape index (κ2) is 8.00. The van der Waals surface area contributed by atoms with Gasteiger partial charge < -0.3 is 14.8 Å². The number of esters is 1. The molecule has 1 N–H and O–H groups in total. The van der Waals surface area contributed by atoms with E-state index in [-0.39, 0.29) is 31.3 Å². The third kappa shape index (κ3) is 3.85. The smallest absolute Gasteiger partial charge is 0.325 e. The summed E-state index contributed by atoms with van der Waals surface area (Å²) in [4.78, 5) is 49.4. The van der Waals surface area contributed by atoms with Gasteiger partial charge in [-0.15, -0.1) is 0 Å². The van der Waals surface area contributed by atoms with Gasteiger partial charge in [0.15, 0.2) is 5.78 Å². The third-order valence-corrected chi connectivity index (χ3v) is 5.32. The number of amides is 3. The zero-order chi connectivity index (χ0) is 20.3. The zero-order valence-electron chi connectivity index (χ0n) is 16.1. The van der Waals surface area contributed by atoms with Crippen molar-refractivity contribution in [3.63, 3.8) is 0 Å². The maximum atomic E-state index is 12.6. The number of methoxy groups -OCH3 is 1. The highest BCUT2D eigenvalue weighted by Crippen LogP contribution is 2.35. The van der Waals surface area contributed by atoms with Gasteiger partial charge in [-0.05, 0) is 38.0 Å². The topological polar surface area (TPSA) is 102 Å². The predicted molar refractivity (Wildman–Crippen MR) is 98.9 cm³/mol. The molecule has 1 spiro atoms. The van der Waals surface area contributed by atoms with Gasteiger partial charge in [-0.2, -0.15) is 0 Å².